The van der Waals surface area contributed by atoms with Gasteiger partial charge in [0.05, 0.1) is 50.8 Å². The van der Waals surface area contributed by atoms with E-state index in [0.717, 1.165) is 78.4 Å². The van der Waals surface area contributed by atoms with Gasteiger partial charge in [-0.2, -0.15) is 0 Å². The van der Waals surface area contributed by atoms with Crippen LogP contribution in [0.3, 0.4) is 0 Å². The van der Waals surface area contributed by atoms with Crippen molar-refractivity contribution in [2.75, 3.05) is 52.9 Å². The zero-order valence-corrected chi connectivity index (χ0v) is 31.2. The number of carbonyl (C=O) groups excluding carboxylic acids is 2. The number of unbranched alkanes of at least 4 members (excludes halogenated alkanes) is 2. The molecule has 54 heavy (non-hydrogen) atoms. The molecular formula is C44H52O10. The molecule has 0 spiro atoms. The summed E-state index contributed by atoms with van der Waals surface area (Å²) in [5.41, 5.74) is 1.04. The van der Waals surface area contributed by atoms with Crippen LogP contribution in [-0.2, 0) is 28.4 Å². The van der Waals surface area contributed by atoms with Crippen LogP contribution in [0, 0.1) is 5.92 Å². The second-order valence-corrected chi connectivity index (χ2v) is 14.6. The Morgan fingerprint density at radius 1 is 0.611 bits per heavy atom. The van der Waals surface area contributed by atoms with E-state index in [2.05, 4.69) is 6.92 Å². The molecule has 4 aromatic carbocycles. The average molecular weight is 741 g/mol. The minimum atomic E-state index is -0.336. The lowest BCUT2D eigenvalue weighted by molar-refractivity contribution is -0.0356. The Labute approximate surface area is 317 Å². The molecular weight excluding hydrogens is 688 g/mol. The Balaban J connectivity index is 0.838. The summed E-state index contributed by atoms with van der Waals surface area (Å²) < 4.78 is 45.4. The second kappa shape index (κ2) is 18.9. The first-order chi connectivity index (χ1) is 26.5. The molecule has 2 aliphatic heterocycles. The van der Waals surface area contributed by atoms with Crippen molar-refractivity contribution >= 4 is 33.5 Å². The maximum atomic E-state index is 13.3. The molecule has 2 unspecified atom stereocenters. The highest BCUT2D eigenvalue weighted by molar-refractivity contribution is 5.96. The molecule has 3 fully saturated rings. The lowest BCUT2D eigenvalue weighted by atomic mass is 9.83. The van der Waals surface area contributed by atoms with Gasteiger partial charge in [-0.05, 0) is 127 Å². The van der Waals surface area contributed by atoms with Gasteiger partial charge in [0.15, 0.2) is 0 Å². The van der Waals surface area contributed by atoms with Crippen LogP contribution in [0.5, 0.6) is 11.5 Å². The molecule has 1 aliphatic carbocycles. The summed E-state index contributed by atoms with van der Waals surface area (Å²) in [6.45, 7) is 7.76. The minimum Gasteiger partial charge on any atom is -0.494 e. The van der Waals surface area contributed by atoms with Gasteiger partial charge in [0.1, 0.15) is 35.9 Å². The molecule has 1 saturated carbocycles. The number of epoxide rings is 2. The number of benzene rings is 4. The van der Waals surface area contributed by atoms with Crippen LogP contribution in [0.4, 0.5) is 0 Å². The summed E-state index contributed by atoms with van der Waals surface area (Å²) in [7, 11) is 0. The SMILES string of the molecule is CC[C@H]1C[C@@H](OC(=O)c2ccc3cc(OCCCCOCC4CO4)ccc3c2)CC[C@@H]1OC(=O)c1ccc2cc(OCCCCOCC3CO3)ccc2c1. The first-order valence-corrected chi connectivity index (χ1v) is 19.6. The molecule has 2 heterocycles. The third-order valence-corrected chi connectivity index (χ3v) is 10.3. The van der Waals surface area contributed by atoms with Gasteiger partial charge in [-0.3, -0.25) is 0 Å². The van der Waals surface area contributed by atoms with Crippen LogP contribution < -0.4 is 9.47 Å². The van der Waals surface area contributed by atoms with Gasteiger partial charge in [0.25, 0.3) is 0 Å². The van der Waals surface area contributed by atoms with Crippen LogP contribution >= 0.6 is 0 Å². The van der Waals surface area contributed by atoms with Crippen molar-refractivity contribution in [3.05, 3.63) is 83.9 Å². The maximum absolute atomic E-state index is 13.3. The lowest BCUT2D eigenvalue weighted by Crippen LogP contribution is -2.37. The number of hydrogen-bond acceptors (Lipinski definition) is 10. The van der Waals surface area contributed by atoms with Crippen molar-refractivity contribution in [3.63, 3.8) is 0 Å². The highest BCUT2D eigenvalue weighted by Crippen LogP contribution is 2.33. The van der Waals surface area contributed by atoms with E-state index >= 15 is 0 Å². The third-order valence-electron chi connectivity index (χ3n) is 10.3. The normalized spacial score (nSPS) is 21.8. The van der Waals surface area contributed by atoms with Crippen molar-refractivity contribution in [2.24, 2.45) is 5.92 Å². The molecule has 0 amide bonds. The number of carbonyl (C=O) groups is 2. The molecule has 2 saturated heterocycles. The monoisotopic (exact) mass is 740 g/mol. The number of fused-ring (bicyclic) bond motifs is 2. The van der Waals surface area contributed by atoms with Gasteiger partial charge in [-0.15, -0.1) is 0 Å². The summed E-state index contributed by atoms with van der Waals surface area (Å²) in [6.07, 6.45) is 6.59. The predicted octanol–water partition coefficient (Wildman–Crippen LogP) is 8.10. The van der Waals surface area contributed by atoms with Gasteiger partial charge in [0.2, 0.25) is 0 Å². The molecule has 0 aromatic heterocycles. The molecule has 10 nitrogen and oxygen atoms in total. The molecule has 4 aromatic rings. The Hall–Kier alpha value is -4.22. The number of rotatable bonds is 21. The third kappa shape index (κ3) is 11.2. The second-order valence-electron chi connectivity index (χ2n) is 14.6. The van der Waals surface area contributed by atoms with Gasteiger partial charge < -0.3 is 37.9 Å². The van der Waals surface area contributed by atoms with E-state index in [9.17, 15) is 9.59 Å². The molecule has 0 N–H and O–H groups in total. The molecule has 7 rings (SSSR count). The van der Waals surface area contributed by atoms with Crippen LogP contribution in [-0.4, -0.2) is 89.2 Å². The first kappa shape index (κ1) is 38.1. The quantitative estimate of drug-likeness (QED) is 0.0472. The molecule has 10 heteroatoms. The van der Waals surface area contributed by atoms with Crippen LogP contribution in [0.15, 0.2) is 72.8 Å². The van der Waals surface area contributed by atoms with Crippen molar-refractivity contribution in [1.82, 2.24) is 0 Å². The van der Waals surface area contributed by atoms with Crippen molar-refractivity contribution in [1.29, 1.82) is 0 Å². The van der Waals surface area contributed by atoms with Gasteiger partial charge in [0, 0.05) is 13.2 Å². The van der Waals surface area contributed by atoms with E-state index in [4.69, 9.17) is 37.9 Å². The number of esters is 2. The minimum absolute atomic E-state index is 0.0966. The van der Waals surface area contributed by atoms with Crippen molar-refractivity contribution in [2.45, 2.75) is 82.7 Å². The van der Waals surface area contributed by atoms with Gasteiger partial charge in [-0.1, -0.05) is 31.2 Å². The largest absolute Gasteiger partial charge is 0.494 e. The molecule has 0 radical (unpaired) electrons. The molecule has 3 aliphatic rings. The fourth-order valence-corrected chi connectivity index (χ4v) is 6.94. The van der Waals surface area contributed by atoms with Gasteiger partial charge in [-0.25, -0.2) is 9.59 Å². The molecule has 5 atom stereocenters. The number of ether oxygens (including phenoxy) is 8. The Bertz CT molecular complexity index is 1850. The Kier molecular flexibility index (Phi) is 13.3. The lowest BCUT2D eigenvalue weighted by Gasteiger charge is -2.35. The van der Waals surface area contributed by atoms with Crippen LogP contribution in [0.1, 0.15) is 79.0 Å². The zero-order chi connectivity index (χ0) is 37.1. The standard InChI is InChI=1S/C44H52O10/c1-2-30-23-39(53-43(45)35-9-7-33-24-37(13-11-31(33)21-35)49-19-5-3-17-47-26-40-28-51-40)15-16-42(30)54-44(46)36-10-8-34-25-38(14-12-32(34)22-36)50-20-6-4-18-48-27-41-29-52-41/h7-14,21-22,24-25,30,39-42H,2-6,15-20,23,26-29H2,1H3/t30-,39-,40?,41?,42-/m0/s1. The fraction of sp³-hybridized carbons (Fsp3) is 0.500. The van der Waals surface area contributed by atoms with E-state index in [-0.39, 0.29) is 30.1 Å². The van der Waals surface area contributed by atoms with E-state index in [1.165, 1.54) is 0 Å². The summed E-state index contributed by atoms with van der Waals surface area (Å²) >= 11 is 0. The average Bonchev–Trinajstić information content (AvgIpc) is 4.14. The van der Waals surface area contributed by atoms with Crippen molar-refractivity contribution in [3.8, 4) is 11.5 Å². The highest BCUT2D eigenvalue weighted by Gasteiger charge is 2.34. The summed E-state index contributed by atoms with van der Waals surface area (Å²) in [4.78, 5) is 26.5. The van der Waals surface area contributed by atoms with E-state index in [1.54, 1.807) is 0 Å². The van der Waals surface area contributed by atoms with E-state index in [0.29, 0.717) is 82.2 Å². The van der Waals surface area contributed by atoms with Crippen LogP contribution in [0.25, 0.3) is 21.5 Å². The summed E-state index contributed by atoms with van der Waals surface area (Å²) in [5.74, 6) is 1.03. The van der Waals surface area contributed by atoms with E-state index < -0.39 is 0 Å². The summed E-state index contributed by atoms with van der Waals surface area (Å²) in [6, 6.07) is 23.0. The smallest absolute Gasteiger partial charge is 0.338 e. The van der Waals surface area contributed by atoms with E-state index in [1.807, 2.05) is 72.8 Å². The number of hydrogen-bond donors (Lipinski definition) is 0. The van der Waals surface area contributed by atoms with Gasteiger partial charge >= 0.3 is 11.9 Å². The topological polar surface area (TPSA) is 115 Å². The summed E-state index contributed by atoms with van der Waals surface area (Å²) in [5, 5.41) is 3.90. The highest BCUT2D eigenvalue weighted by atomic mass is 16.6. The maximum Gasteiger partial charge on any atom is 0.338 e. The fourth-order valence-electron chi connectivity index (χ4n) is 6.94. The Morgan fingerprint density at radius 3 is 1.61 bits per heavy atom. The predicted molar refractivity (Wildman–Crippen MR) is 205 cm³/mol. The zero-order valence-electron chi connectivity index (χ0n) is 31.2. The molecule has 288 valence electrons. The van der Waals surface area contributed by atoms with Crippen LogP contribution in [0.2, 0.25) is 0 Å². The Morgan fingerprint density at radius 2 is 1.09 bits per heavy atom. The molecule has 0 bridgehead atoms. The van der Waals surface area contributed by atoms with Crippen molar-refractivity contribution < 1.29 is 47.5 Å². The first-order valence-electron chi connectivity index (χ1n) is 19.6.